The molecule has 4 nitrogen and oxygen atoms in total. The van der Waals surface area contributed by atoms with Crippen LogP contribution in [0.3, 0.4) is 0 Å². The highest BCUT2D eigenvalue weighted by Gasteiger charge is 2.48. The summed E-state index contributed by atoms with van der Waals surface area (Å²) in [5.74, 6) is -1.31. The molecule has 100 valence electrons. The summed E-state index contributed by atoms with van der Waals surface area (Å²) in [6, 6.07) is 0. The Morgan fingerprint density at radius 2 is 1.94 bits per heavy atom. The van der Waals surface area contributed by atoms with Gasteiger partial charge in [0.1, 0.15) is 5.60 Å². The Bertz CT molecular complexity index is 301. The van der Waals surface area contributed by atoms with Crippen molar-refractivity contribution >= 4 is 22.0 Å². The van der Waals surface area contributed by atoms with Crippen LogP contribution in [0.15, 0.2) is 0 Å². The average Bonchev–Trinajstić information content (AvgIpc) is 2.42. The van der Waals surface area contributed by atoms with E-state index in [2.05, 4.69) is 15.9 Å². The van der Waals surface area contributed by atoms with Gasteiger partial charge in [0.05, 0.1) is 18.6 Å². The molecule has 1 heterocycles. The van der Waals surface area contributed by atoms with E-state index in [0.29, 0.717) is 0 Å². The third-order valence-electron chi connectivity index (χ3n) is 2.36. The summed E-state index contributed by atoms with van der Waals surface area (Å²) < 4.78 is 31.1. The third kappa shape index (κ3) is 4.06. The number of hydrogen-bond donors (Lipinski definition) is 1. The second-order valence-corrected chi connectivity index (χ2v) is 6.16. The van der Waals surface area contributed by atoms with Crippen LogP contribution in [-0.4, -0.2) is 45.7 Å². The number of carbonyl (C=O) groups is 1. The summed E-state index contributed by atoms with van der Waals surface area (Å²) in [5, 5.41) is 9.48. The average molecular weight is 316 g/mol. The zero-order valence-corrected chi connectivity index (χ0v) is 11.5. The number of likely N-dealkylation sites (tertiary alicyclic amines) is 1. The Labute approximate surface area is 107 Å². The molecule has 1 fully saturated rings. The summed E-state index contributed by atoms with van der Waals surface area (Å²) in [4.78, 5) is 9.51. The lowest BCUT2D eigenvalue weighted by Crippen LogP contribution is -2.36. The second kappa shape index (κ2) is 4.68. The van der Waals surface area contributed by atoms with Gasteiger partial charge >= 0.3 is 10.9 Å². The SMILES string of the molecule is CC(C)(C)OC(=O)N1CC(O)C(C(F)(F)Br)C1. The molecular weight excluding hydrogens is 300 g/mol. The van der Waals surface area contributed by atoms with Crippen molar-refractivity contribution in [2.24, 2.45) is 5.92 Å². The van der Waals surface area contributed by atoms with Gasteiger partial charge in [-0.15, -0.1) is 0 Å². The number of nitrogens with zero attached hydrogens (tertiary/aromatic N) is 1. The molecule has 2 atom stereocenters. The van der Waals surface area contributed by atoms with Crippen LogP contribution in [0.2, 0.25) is 0 Å². The van der Waals surface area contributed by atoms with Crippen molar-refractivity contribution in [3.63, 3.8) is 0 Å². The number of alkyl halides is 3. The minimum atomic E-state index is -3.19. The van der Waals surface area contributed by atoms with E-state index in [0.717, 1.165) is 4.90 Å². The molecule has 0 radical (unpaired) electrons. The smallest absolute Gasteiger partial charge is 0.410 e. The van der Waals surface area contributed by atoms with Crippen LogP contribution in [-0.2, 0) is 4.74 Å². The molecule has 7 heteroatoms. The van der Waals surface area contributed by atoms with Crippen LogP contribution in [0.25, 0.3) is 0 Å². The highest BCUT2D eigenvalue weighted by atomic mass is 79.9. The fourth-order valence-electron chi connectivity index (χ4n) is 1.58. The predicted octanol–water partition coefficient (Wildman–Crippen LogP) is 2.20. The van der Waals surface area contributed by atoms with E-state index in [4.69, 9.17) is 4.74 Å². The molecule has 0 saturated carbocycles. The number of hydrogen-bond acceptors (Lipinski definition) is 3. The second-order valence-electron chi connectivity index (χ2n) is 5.10. The van der Waals surface area contributed by atoms with Crippen molar-refractivity contribution in [2.75, 3.05) is 13.1 Å². The number of aliphatic hydroxyl groups is 1. The summed E-state index contributed by atoms with van der Waals surface area (Å²) in [6.07, 6.45) is -1.94. The van der Waals surface area contributed by atoms with E-state index in [9.17, 15) is 18.7 Å². The number of amides is 1. The lowest BCUT2D eigenvalue weighted by atomic mass is 10.1. The van der Waals surface area contributed by atoms with Crippen LogP contribution >= 0.6 is 15.9 Å². The lowest BCUT2D eigenvalue weighted by Gasteiger charge is -2.24. The molecule has 1 amide bonds. The number of aliphatic hydroxyl groups excluding tert-OH is 1. The van der Waals surface area contributed by atoms with Crippen molar-refractivity contribution in [2.45, 2.75) is 37.3 Å². The van der Waals surface area contributed by atoms with E-state index in [1.54, 1.807) is 20.8 Å². The van der Waals surface area contributed by atoms with Crippen LogP contribution < -0.4 is 0 Å². The van der Waals surface area contributed by atoms with E-state index in [-0.39, 0.29) is 13.1 Å². The van der Waals surface area contributed by atoms with Gasteiger partial charge in [-0.3, -0.25) is 0 Å². The Morgan fingerprint density at radius 1 is 1.41 bits per heavy atom. The van der Waals surface area contributed by atoms with Gasteiger partial charge in [-0.1, -0.05) is 0 Å². The first-order chi connectivity index (χ1) is 7.50. The van der Waals surface area contributed by atoms with Crippen molar-refractivity contribution in [1.29, 1.82) is 0 Å². The molecule has 0 bridgehead atoms. The van der Waals surface area contributed by atoms with Gasteiger partial charge in [-0.25, -0.2) is 4.79 Å². The van der Waals surface area contributed by atoms with E-state index in [1.807, 2.05) is 0 Å². The zero-order chi connectivity index (χ0) is 13.4. The van der Waals surface area contributed by atoms with Crippen LogP contribution in [0.1, 0.15) is 20.8 Å². The zero-order valence-electron chi connectivity index (χ0n) is 9.91. The van der Waals surface area contributed by atoms with E-state index in [1.165, 1.54) is 0 Å². The Morgan fingerprint density at radius 3 is 2.29 bits per heavy atom. The Balaban J connectivity index is 2.63. The largest absolute Gasteiger partial charge is 0.444 e. The maximum Gasteiger partial charge on any atom is 0.410 e. The maximum absolute atomic E-state index is 13.0. The number of ether oxygens (including phenoxy) is 1. The maximum atomic E-state index is 13.0. The number of rotatable bonds is 1. The monoisotopic (exact) mass is 315 g/mol. The fourth-order valence-corrected chi connectivity index (χ4v) is 2.03. The first kappa shape index (κ1) is 14.6. The molecular formula is C10H16BrF2NO3. The van der Waals surface area contributed by atoms with Gasteiger partial charge in [0.15, 0.2) is 0 Å². The van der Waals surface area contributed by atoms with Crippen LogP contribution in [0.4, 0.5) is 13.6 Å². The normalized spacial score (nSPS) is 26.2. The molecule has 0 aromatic heterocycles. The van der Waals surface area contributed by atoms with E-state index >= 15 is 0 Å². The first-order valence-electron chi connectivity index (χ1n) is 5.23. The minimum absolute atomic E-state index is 0.138. The summed E-state index contributed by atoms with van der Waals surface area (Å²) >= 11 is 2.21. The molecule has 0 aromatic rings. The lowest BCUT2D eigenvalue weighted by molar-refractivity contribution is -0.00301. The highest BCUT2D eigenvalue weighted by Crippen LogP contribution is 2.37. The molecule has 0 spiro atoms. The molecule has 1 saturated heterocycles. The molecule has 1 aliphatic heterocycles. The molecule has 1 aliphatic rings. The molecule has 1 rings (SSSR count). The van der Waals surface area contributed by atoms with Crippen molar-refractivity contribution in [3.05, 3.63) is 0 Å². The van der Waals surface area contributed by atoms with Gasteiger partial charge in [-0.2, -0.15) is 8.78 Å². The third-order valence-corrected chi connectivity index (χ3v) is 2.95. The number of halogens is 3. The topological polar surface area (TPSA) is 49.8 Å². The summed E-state index contributed by atoms with van der Waals surface area (Å²) in [5.41, 5.74) is -0.683. The standard InChI is InChI=1S/C10H16BrF2NO3/c1-9(2,3)17-8(16)14-4-6(7(15)5-14)10(11,12)13/h6-7,15H,4-5H2,1-3H3. The van der Waals surface area contributed by atoms with Crippen molar-refractivity contribution in [1.82, 2.24) is 4.90 Å². The minimum Gasteiger partial charge on any atom is -0.444 e. The predicted molar refractivity (Wildman–Crippen MR) is 61.2 cm³/mol. The van der Waals surface area contributed by atoms with Crippen LogP contribution in [0.5, 0.6) is 0 Å². The quantitative estimate of drug-likeness (QED) is 0.755. The Kier molecular flexibility index (Phi) is 4.03. The van der Waals surface area contributed by atoms with Gasteiger partial charge in [0, 0.05) is 6.54 Å². The summed E-state index contributed by atoms with van der Waals surface area (Å²) in [7, 11) is 0. The van der Waals surface area contributed by atoms with Gasteiger partial charge in [-0.05, 0) is 36.7 Å². The van der Waals surface area contributed by atoms with Crippen molar-refractivity contribution in [3.8, 4) is 0 Å². The highest BCUT2D eigenvalue weighted by molar-refractivity contribution is 9.10. The fraction of sp³-hybridized carbons (Fsp3) is 0.900. The van der Waals surface area contributed by atoms with Crippen LogP contribution in [0, 0.1) is 5.92 Å². The molecule has 0 aromatic carbocycles. The number of β-amino-alcohol motifs (C(OH)–C–C–N with tert-alkyl or cyclic N) is 1. The van der Waals surface area contributed by atoms with Gasteiger partial charge in [0.2, 0.25) is 0 Å². The Hall–Kier alpha value is -0.430. The molecule has 2 unspecified atom stereocenters. The van der Waals surface area contributed by atoms with Crippen molar-refractivity contribution < 1.29 is 23.4 Å². The van der Waals surface area contributed by atoms with Gasteiger partial charge < -0.3 is 14.7 Å². The summed E-state index contributed by atoms with van der Waals surface area (Å²) in [6.45, 7) is 4.70. The molecule has 0 aliphatic carbocycles. The first-order valence-corrected chi connectivity index (χ1v) is 6.03. The molecule has 1 N–H and O–H groups in total. The number of carbonyl (C=O) groups excluding carboxylic acids is 1. The molecule has 17 heavy (non-hydrogen) atoms. The van der Waals surface area contributed by atoms with E-state index < -0.39 is 28.5 Å². The van der Waals surface area contributed by atoms with Gasteiger partial charge in [0.25, 0.3) is 0 Å².